The first-order valence-corrected chi connectivity index (χ1v) is 8.98. The van der Waals surface area contributed by atoms with Crippen molar-refractivity contribution >= 4 is 39.3 Å². The molecule has 128 valence electrons. The number of phenols is 1. The monoisotopic (exact) mass is 375 g/mol. The van der Waals surface area contributed by atoms with Gasteiger partial charge in [-0.2, -0.15) is 0 Å². The number of hydrogen-bond acceptors (Lipinski definition) is 4. The van der Waals surface area contributed by atoms with Gasteiger partial charge in [-0.05, 0) is 29.8 Å². The summed E-state index contributed by atoms with van der Waals surface area (Å²) < 4.78 is 22.6. The van der Waals surface area contributed by atoms with Gasteiger partial charge in [0.05, 0.1) is 5.69 Å². The van der Waals surface area contributed by atoms with E-state index in [1.807, 2.05) is 36.4 Å². The third kappa shape index (κ3) is 3.55. The summed E-state index contributed by atoms with van der Waals surface area (Å²) in [5.74, 6) is -1.75. The van der Waals surface area contributed by atoms with Crippen molar-refractivity contribution in [1.29, 1.82) is 0 Å². The molecule has 3 aromatic rings. The third-order valence-electron chi connectivity index (χ3n) is 3.45. The summed E-state index contributed by atoms with van der Waals surface area (Å²) in [4.78, 5) is 11.9. The second kappa shape index (κ2) is 7.06. The molecule has 0 aliphatic heterocycles. The summed E-state index contributed by atoms with van der Waals surface area (Å²) in [6.07, 6.45) is 0. The van der Waals surface area contributed by atoms with Gasteiger partial charge in [0, 0.05) is 10.9 Å². The Kier molecular flexibility index (Phi) is 4.84. The van der Waals surface area contributed by atoms with Crippen LogP contribution < -0.4 is 4.31 Å². The van der Waals surface area contributed by atoms with Crippen LogP contribution >= 0.6 is 11.3 Å². The number of rotatable bonds is 5. The molecule has 8 heteroatoms. The van der Waals surface area contributed by atoms with Gasteiger partial charge in [0.15, 0.2) is 0 Å². The molecule has 1 aromatic heterocycles. The topological polar surface area (TPSA) is 98.1 Å². The van der Waals surface area contributed by atoms with E-state index in [9.17, 15) is 18.7 Å². The minimum Gasteiger partial charge on any atom is -0.507 e. The van der Waals surface area contributed by atoms with Crippen molar-refractivity contribution in [2.45, 2.75) is 0 Å². The van der Waals surface area contributed by atoms with Gasteiger partial charge < -0.3 is 10.2 Å². The standard InChI is InChI=1S/C17H13NO5S2/c19-14-10-12(6-7-13(14)17(20)21)18(25(22)23)16-9-8-15(24-16)11-4-2-1-3-5-11/h1-10,19H,(H,20,21)(H,22,23). The first kappa shape index (κ1) is 17.2. The minimum atomic E-state index is -2.39. The highest BCUT2D eigenvalue weighted by Crippen LogP contribution is 2.38. The number of thiophene rings is 1. The van der Waals surface area contributed by atoms with Crippen molar-refractivity contribution in [2.75, 3.05) is 4.31 Å². The van der Waals surface area contributed by atoms with Crippen LogP contribution in [0.3, 0.4) is 0 Å². The van der Waals surface area contributed by atoms with E-state index >= 15 is 0 Å². The Morgan fingerprint density at radius 3 is 2.36 bits per heavy atom. The fourth-order valence-electron chi connectivity index (χ4n) is 2.32. The molecule has 0 aliphatic carbocycles. The first-order valence-electron chi connectivity index (χ1n) is 7.10. The van der Waals surface area contributed by atoms with Crippen LogP contribution in [0.1, 0.15) is 10.4 Å². The summed E-state index contributed by atoms with van der Waals surface area (Å²) in [7, 11) is 0. The fraction of sp³-hybridized carbons (Fsp3) is 0. The minimum absolute atomic E-state index is 0.213. The van der Waals surface area contributed by atoms with E-state index in [2.05, 4.69) is 0 Å². The highest BCUT2D eigenvalue weighted by atomic mass is 32.2. The molecule has 1 atom stereocenters. The average Bonchev–Trinajstić information content (AvgIpc) is 3.05. The number of carbonyl (C=O) groups is 1. The number of anilines is 2. The number of nitrogens with zero attached hydrogens (tertiary/aromatic N) is 1. The molecule has 0 spiro atoms. The Balaban J connectivity index is 2.00. The molecule has 2 aromatic carbocycles. The van der Waals surface area contributed by atoms with Gasteiger partial charge in [-0.3, -0.25) is 4.55 Å². The first-order chi connectivity index (χ1) is 12.0. The molecule has 0 amide bonds. The molecular formula is C17H13NO5S2. The highest BCUT2D eigenvalue weighted by molar-refractivity contribution is 7.81. The van der Waals surface area contributed by atoms with E-state index in [1.54, 1.807) is 6.07 Å². The molecule has 3 rings (SSSR count). The maximum Gasteiger partial charge on any atom is 0.339 e. The van der Waals surface area contributed by atoms with E-state index in [4.69, 9.17) is 5.11 Å². The molecule has 0 saturated carbocycles. The number of aromatic carboxylic acids is 1. The molecule has 25 heavy (non-hydrogen) atoms. The van der Waals surface area contributed by atoms with Crippen molar-refractivity contribution in [3.63, 3.8) is 0 Å². The highest BCUT2D eigenvalue weighted by Gasteiger charge is 2.20. The summed E-state index contributed by atoms with van der Waals surface area (Å²) in [5.41, 5.74) is 0.917. The predicted molar refractivity (Wildman–Crippen MR) is 97.7 cm³/mol. The van der Waals surface area contributed by atoms with Crippen LogP contribution in [-0.4, -0.2) is 24.9 Å². The molecule has 6 nitrogen and oxygen atoms in total. The summed E-state index contributed by atoms with van der Waals surface area (Å²) in [6, 6.07) is 16.8. The lowest BCUT2D eigenvalue weighted by Crippen LogP contribution is -2.18. The normalized spacial score (nSPS) is 11.9. The number of carboxylic acids is 1. The van der Waals surface area contributed by atoms with E-state index in [0.717, 1.165) is 20.8 Å². The van der Waals surface area contributed by atoms with Crippen LogP contribution in [-0.2, 0) is 11.3 Å². The van der Waals surface area contributed by atoms with Gasteiger partial charge in [-0.1, -0.05) is 30.3 Å². The van der Waals surface area contributed by atoms with Gasteiger partial charge >= 0.3 is 5.97 Å². The third-order valence-corrected chi connectivity index (χ3v) is 5.41. The molecule has 0 radical (unpaired) electrons. The van der Waals surface area contributed by atoms with E-state index in [1.165, 1.54) is 23.5 Å². The van der Waals surface area contributed by atoms with Crippen LogP contribution in [0.25, 0.3) is 10.4 Å². The molecule has 0 fully saturated rings. The Bertz CT molecular complexity index is 939. The zero-order chi connectivity index (χ0) is 18.0. The Labute approximate surface area is 150 Å². The smallest absolute Gasteiger partial charge is 0.339 e. The second-order valence-electron chi connectivity index (χ2n) is 5.04. The molecule has 0 saturated heterocycles. The van der Waals surface area contributed by atoms with Gasteiger partial charge in [0.1, 0.15) is 16.3 Å². The Morgan fingerprint density at radius 1 is 1.04 bits per heavy atom. The maximum absolute atomic E-state index is 11.8. The van der Waals surface area contributed by atoms with Crippen molar-refractivity contribution in [3.05, 3.63) is 66.2 Å². The quantitative estimate of drug-likeness (QED) is 0.583. The summed E-state index contributed by atoms with van der Waals surface area (Å²) in [5, 5.41) is 19.3. The van der Waals surface area contributed by atoms with Crippen LogP contribution in [0.2, 0.25) is 0 Å². The number of carboxylic acid groups (broad SMARTS) is 1. The van der Waals surface area contributed by atoms with Crippen LogP contribution in [0, 0.1) is 0 Å². The SMILES string of the molecule is O=C(O)c1ccc(N(c2ccc(-c3ccccc3)s2)S(=O)O)cc1O. The van der Waals surface area contributed by atoms with Crippen LogP contribution in [0.4, 0.5) is 10.7 Å². The van der Waals surface area contributed by atoms with E-state index in [0.29, 0.717) is 5.00 Å². The second-order valence-corrected chi connectivity index (χ2v) is 6.92. The van der Waals surface area contributed by atoms with Crippen LogP contribution in [0.15, 0.2) is 60.7 Å². The molecule has 1 unspecified atom stereocenters. The lowest BCUT2D eigenvalue weighted by molar-refractivity contribution is 0.0694. The number of aromatic hydroxyl groups is 1. The zero-order valence-electron chi connectivity index (χ0n) is 12.7. The predicted octanol–water partition coefficient (Wildman–Crippen LogP) is 4.09. The Hall–Kier alpha value is -2.68. The van der Waals surface area contributed by atoms with Gasteiger partial charge in [0.25, 0.3) is 11.3 Å². The largest absolute Gasteiger partial charge is 0.507 e. The van der Waals surface area contributed by atoms with Gasteiger partial charge in [-0.15, -0.1) is 11.3 Å². The summed E-state index contributed by atoms with van der Waals surface area (Å²) >= 11 is -1.08. The zero-order valence-corrected chi connectivity index (χ0v) is 14.3. The van der Waals surface area contributed by atoms with Gasteiger partial charge in [0.2, 0.25) is 0 Å². The number of benzene rings is 2. The van der Waals surface area contributed by atoms with E-state index < -0.39 is 23.0 Å². The van der Waals surface area contributed by atoms with Crippen molar-refractivity contribution in [2.24, 2.45) is 0 Å². The molecule has 3 N–H and O–H groups in total. The lowest BCUT2D eigenvalue weighted by Gasteiger charge is -2.18. The molecule has 0 aliphatic rings. The number of hydrogen-bond donors (Lipinski definition) is 3. The average molecular weight is 375 g/mol. The van der Waals surface area contributed by atoms with E-state index in [-0.39, 0.29) is 11.3 Å². The van der Waals surface area contributed by atoms with Gasteiger partial charge in [-0.25, -0.2) is 13.3 Å². The van der Waals surface area contributed by atoms with Crippen LogP contribution in [0.5, 0.6) is 5.75 Å². The van der Waals surface area contributed by atoms with Crippen molar-refractivity contribution in [3.8, 4) is 16.2 Å². The van der Waals surface area contributed by atoms with Crippen molar-refractivity contribution < 1.29 is 23.8 Å². The molecule has 1 heterocycles. The molecular weight excluding hydrogens is 362 g/mol. The fourth-order valence-corrected chi connectivity index (χ4v) is 4.07. The van der Waals surface area contributed by atoms with Crippen molar-refractivity contribution in [1.82, 2.24) is 0 Å². The lowest BCUT2D eigenvalue weighted by atomic mass is 10.2. The maximum atomic E-state index is 11.8. The molecule has 0 bridgehead atoms. The Morgan fingerprint density at radius 2 is 1.76 bits per heavy atom. The summed E-state index contributed by atoms with van der Waals surface area (Å²) in [6.45, 7) is 0.